The molecule has 0 radical (unpaired) electrons. The number of aliphatic hydroxyl groups excluding tert-OH is 2. The Labute approximate surface area is 184 Å². The second-order valence-corrected chi connectivity index (χ2v) is 11.3. The van der Waals surface area contributed by atoms with Crippen LogP contribution in [0.1, 0.15) is 6.42 Å². The summed E-state index contributed by atoms with van der Waals surface area (Å²) in [7, 11) is -16.8. The minimum atomic E-state index is -5.75. The molecular weight excluding hydrogens is 519 g/mol. The fraction of sp³-hybridized carbons (Fsp3) is 0.636. The summed E-state index contributed by atoms with van der Waals surface area (Å²) in [6.07, 6.45) is -7.79. The first kappa shape index (κ1) is 26.3. The van der Waals surface area contributed by atoms with Crippen LogP contribution >= 0.6 is 23.5 Å². The first-order valence-electron chi connectivity index (χ1n) is 8.70. The molecule has 3 aliphatic rings. The van der Waals surface area contributed by atoms with Gasteiger partial charge in [0.1, 0.15) is 30.3 Å². The van der Waals surface area contributed by atoms with Crippen LogP contribution < -0.4 is 16.8 Å². The minimum Gasteiger partial charge on any atom is -0.387 e. The van der Waals surface area contributed by atoms with Crippen LogP contribution in [0.15, 0.2) is 16.4 Å². The van der Waals surface area contributed by atoms with Gasteiger partial charge in [0.15, 0.2) is 12.2 Å². The molecule has 11 N–H and O–H groups in total. The van der Waals surface area contributed by atoms with Crippen LogP contribution in [-0.4, -0.2) is 83.9 Å². The van der Waals surface area contributed by atoms with Crippen LogP contribution in [0.5, 0.6) is 0 Å². The molecule has 0 aromatic carbocycles. The predicted molar refractivity (Wildman–Crippen MR) is 102 cm³/mol. The van der Waals surface area contributed by atoms with Gasteiger partial charge in [-0.3, -0.25) is 14.2 Å². The molecule has 0 aromatic heterocycles. The van der Waals surface area contributed by atoms with Gasteiger partial charge in [0.05, 0.1) is 13.0 Å². The molecule has 0 saturated carbocycles. The Morgan fingerprint density at radius 3 is 2.36 bits per heavy atom. The van der Waals surface area contributed by atoms with E-state index in [1.807, 2.05) is 0 Å². The largest absolute Gasteiger partial charge is 0.490 e. The van der Waals surface area contributed by atoms with E-state index in [0.717, 1.165) is 4.90 Å². The van der Waals surface area contributed by atoms with Crippen LogP contribution in [0.25, 0.3) is 0 Å². The molecule has 22 heteroatoms. The zero-order valence-corrected chi connectivity index (χ0v) is 18.8. The summed E-state index contributed by atoms with van der Waals surface area (Å²) in [5, 5.41) is 23.2. The summed E-state index contributed by atoms with van der Waals surface area (Å²) in [6, 6.07) is 0. The molecule has 33 heavy (non-hydrogen) atoms. The van der Waals surface area contributed by atoms with Crippen LogP contribution in [0, 0.1) is 0 Å². The normalized spacial score (nSPS) is 33.9. The summed E-state index contributed by atoms with van der Waals surface area (Å²) in [5.74, 6) is -0.652. The number of nitrogens with one attached hydrogen (secondary N) is 1. The van der Waals surface area contributed by atoms with Crippen molar-refractivity contribution in [1.82, 2.24) is 10.2 Å². The maximum absolute atomic E-state index is 12.5. The Balaban J connectivity index is 1.68. The summed E-state index contributed by atoms with van der Waals surface area (Å²) >= 11 is 0. The van der Waals surface area contributed by atoms with E-state index >= 15 is 0 Å². The minimum absolute atomic E-state index is 0.0739. The molecule has 3 rings (SSSR count). The maximum Gasteiger partial charge on any atom is 0.490 e. The van der Waals surface area contributed by atoms with E-state index in [1.54, 1.807) is 0 Å². The Bertz CT molecular complexity index is 1030. The number of nitrogens with two attached hydrogens (primary N) is 2. The average Bonchev–Trinajstić information content (AvgIpc) is 3.07. The zero-order chi connectivity index (χ0) is 24.9. The lowest BCUT2D eigenvalue weighted by Crippen LogP contribution is -2.50. The molecule has 1 saturated heterocycles. The number of hydrogen-bond acceptors (Lipinski definition) is 14. The van der Waals surface area contributed by atoms with Gasteiger partial charge in [-0.1, -0.05) is 0 Å². The van der Waals surface area contributed by atoms with Crippen molar-refractivity contribution in [2.45, 2.75) is 37.1 Å². The highest BCUT2D eigenvalue weighted by Gasteiger charge is 2.52. The van der Waals surface area contributed by atoms with Gasteiger partial charge in [0, 0.05) is 5.57 Å². The third kappa shape index (κ3) is 6.05. The molecule has 1 fully saturated rings. The van der Waals surface area contributed by atoms with Crippen molar-refractivity contribution in [3.8, 4) is 0 Å². The smallest absolute Gasteiger partial charge is 0.387 e. The Hall–Kier alpha value is -1.27. The van der Waals surface area contributed by atoms with E-state index in [4.69, 9.17) is 30.9 Å². The molecule has 7 atom stereocenters. The van der Waals surface area contributed by atoms with Gasteiger partial charge in [-0.25, -0.2) is 18.7 Å². The SMILES string of the molecule is NC1=NC(N)C2=C(N1)N(C1OC(COP(=O)(O)OP(=O)(O)OP(=O)(O)O)C(O)C1O)C(=O)C2. The fourth-order valence-corrected chi connectivity index (χ4v) is 6.23. The third-order valence-corrected chi connectivity index (χ3v) is 8.25. The first-order valence-corrected chi connectivity index (χ1v) is 13.2. The van der Waals surface area contributed by atoms with Gasteiger partial charge in [0.25, 0.3) is 0 Å². The number of guanidine groups is 1. The molecular formula is C11H20N5O14P3. The Morgan fingerprint density at radius 2 is 1.76 bits per heavy atom. The molecule has 3 aliphatic heterocycles. The van der Waals surface area contributed by atoms with Crippen LogP contribution in [0.2, 0.25) is 0 Å². The number of hydrogen-bond donors (Lipinski definition) is 9. The number of aliphatic imine (C=N–C) groups is 1. The fourth-order valence-electron chi connectivity index (χ4n) is 3.20. The van der Waals surface area contributed by atoms with E-state index in [0.29, 0.717) is 5.57 Å². The number of carbonyl (C=O) groups is 1. The molecule has 188 valence electrons. The van der Waals surface area contributed by atoms with Crippen molar-refractivity contribution >= 4 is 35.3 Å². The molecule has 0 aromatic rings. The highest BCUT2D eigenvalue weighted by molar-refractivity contribution is 7.66. The van der Waals surface area contributed by atoms with Crippen molar-refractivity contribution < 1.29 is 66.2 Å². The molecule has 0 bridgehead atoms. The van der Waals surface area contributed by atoms with Crippen molar-refractivity contribution in [2.75, 3.05) is 6.61 Å². The van der Waals surface area contributed by atoms with Gasteiger partial charge in [-0.2, -0.15) is 8.62 Å². The van der Waals surface area contributed by atoms with E-state index in [1.165, 1.54) is 0 Å². The van der Waals surface area contributed by atoms with Gasteiger partial charge < -0.3 is 51.3 Å². The number of nitrogens with zero attached hydrogens (tertiary/aromatic N) is 2. The number of ether oxygens (including phenoxy) is 1. The molecule has 0 spiro atoms. The number of phosphoric acid groups is 3. The van der Waals surface area contributed by atoms with Crippen LogP contribution in [-0.2, 0) is 36.4 Å². The lowest BCUT2D eigenvalue weighted by molar-refractivity contribution is -0.145. The lowest BCUT2D eigenvalue weighted by Gasteiger charge is -2.30. The number of carbonyl (C=O) groups excluding carboxylic acids is 1. The summed E-state index contributed by atoms with van der Waals surface area (Å²) in [6.45, 7) is -1.04. The average molecular weight is 539 g/mol. The molecule has 7 unspecified atom stereocenters. The third-order valence-electron chi connectivity index (χ3n) is 4.45. The van der Waals surface area contributed by atoms with Crippen molar-refractivity contribution in [1.29, 1.82) is 0 Å². The second-order valence-electron chi connectivity index (χ2n) is 6.83. The maximum atomic E-state index is 12.5. The Kier molecular flexibility index (Phi) is 7.24. The molecule has 0 aliphatic carbocycles. The highest BCUT2D eigenvalue weighted by atomic mass is 31.3. The topological polar surface area (TPSA) is 306 Å². The molecule has 19 nitrogen and oxygen atoms in total. The van der Waals surface area contributed by atoms with Crippen LogP contribution in [0.3, 0.4) is 0 Å². The van der Waals surface area contributed by atoms with Gasteiger partial charge in [-0.15, -0.1) is 0 Å². The monoisotopic (exact) mass is 539 g/mol. The van der Waals surface area contributed by atoms with Gasteiger partial charge in [0.2, 0.25) is 5.91 Å². The summed E-state index contributed by atoms with van der Waals surface area (Å²) in [4.78, 5) is 52.9. The summed E-state index contributed by atoms with van der Waals surface area (Å²) in [5.41, 5.74) is 11.7. The second kappa shape index (κ2) is 9.07. The van der Waals surface area contributed by atoms with Crippen molar-refractivity contribution in [3.63, 3.8) is 0 Å². The van der Waals surface area contributed by atoms with E-state index in [9.17, 15) is 33.6 Å². The molecule has 3 heterocycles. The van der Waals surface area contributed by atoms with Gasteiger partial charge in [-0.05, 0) is 0 Å². The molecule has 1 amide bonds. The van der Waals surface area contributed by atoms with E-state index in [-0.39, 0.29) is 18.2 Å². The standard InChI is InChI=1S/C11H20N5O14P3/c12-8-3-1-5(17)16(9(3)15-11(13)14-8)10-7(19)6(18)4(28-10)2-27-32(23,24)30-33(25,26)29-31(20,21)22/h4,6-8,10,18-19H,1-2,12H2,(H,23,24)(H,25,26)(H3,13,14,15)(H2,20,21,22). The number of aliphatic hydroxyl groups is 2. The summed E-state index contributed by atoms with van der Waals surface area (Å²) < 4.78 is 50.7. The number of amides is 1. The van der Waals surface area contributed by atoms with E-state index < -0.39 is 66.7 Å². The highest BCUT2D eigenvalue weighted by Crippen LogP contribution is 2.66. The first-order chi connectivity index (χ1) is 15.0. The zero-order valence-electron chi connectivity index (χ0n) is 16.1. The lowest BCUT2D eigenvalue weighted by atomic mass is 10.1. The predicted octanol–water partition coefficient (Wildman–Crippen LogP) is -3.58. The number of phosphoric ester groups is 1. The van der Waals surface area contributed by atoms with E-state index in [2.05, 4.69) is 23.5 Å². The van der Waals surface area contributed by atoms with Crippen molar-refractivity contribution in [3.05, 3.63) is 11.4 Å². The quantitative estimate of drug-likeness (QED) is 0.135. The van der Waals surface area contributed by atoms with Gasteiger partial charge >= 0.3 is 23.5 Å². The Morgan fingerprint density at radius 1 is 1.12 bits per heavy atom. The number of rotatable bonds is 8. The van der Waals surface area contributed by atoms with Crippen LogP contribution in [0.4, 0.5) is 0 Å². The van der Waals surface area contributed by atoms with Crippen molar-refractivity contribution in [2.24, 2.45) is 16.5 Å².